The van der Waals surface area contributed by atoms with Crippen molar-refractivity contribution in [3.05, 3.63) is 71.4 Å². The lowest BCUT2D eigenvalue weighted by molar-refractivity contribution is -0.157. The van der Waals surface area contributed by atoms with E-state index >= 15 is 0 Å². The van der Waals surface area contributed by atoms with Crippen molar-refractivity contribution >= 4 is 16.9 Å². The maximum Gasteiger partial charge on any atom is 0.312 e. The van der Waals surface area contributed by atoms with E-state index in [1.165, 1.54) is 27.7 Å². The summed E-state index contributed by atoms with van der Waals surface area (Å²) in [6.07, 6.45) is 5.43. The van der Waals surface area contributed by atoms with Crippen molar-refractivity contribution in [3.8, 4) is 0 Å². The lowest BCUT2D eigenvalue weighted by atomic mass is 9.69. The number of aryl methyl sites for hydroxylation is 2. The number of esters is 1. The molecule has 27 heavy (non-hydrogen) atoms. The van der Waals surface area contributed by atoms with Crippen LogP contribution in [0.25, 0.3) is 10.9 Å². The van der Waals surface area contributed by atoms with E-state index in [2.05, 4.69) is 53.5 Å². The van der Waals surface area contributed by atoms with Crippen LogP contribution in [-0.2, 0) is 28.8 Å². The van der Waals surface area contributed by atoms with Crippen LogP contribution in [0.5, 0.6) is 0 Å². The zero-order valence-electron chi connectivity index (χ0n) is 16.0. The molecule has 0 amide bonds. The van der Waals surface area contributed by atoms with E-state index in [9.17, 15) is 4.79 Å². The number of para-hydroxylation sites is 1. The van der Waals surface area contributed by atoms with Crippen molar-refractivity contribution in [2.75, 3.05) is 6.61 Å². The highest BCUT2D eigenvalue weighted by Crippen LogP contribution is 2.43. The quantitative estimate of drug-likeness (QED) is 0.611. The smallest absolute Gasteiger partial charge is 0.312 e. The van der Waals surface area contributed by atoms with Crippen molar-refractivity contribution in [2.45, 2.75) is 45.4 Å². The lowest BCUT2D eigenvalue weighted by Gasteiger charge is -2.35. The van der Waals surface area contributed by atoms with Gasteiger partial charge >= 0.3 is 5.97 Å². The second-order valence-corrected chi connectivity index (χ2v) is 7.64. The van der Waals surface area contributed by atoms with E-state index in [0.717, 1.165) is 38.5 Å². The first-order chi connectivity index (χ1) is 13.2. The number of aromatic nitrogens is 1. The van der Waals surface area contributed by atoms with Gasteiger partial charge in [0.05, 0.1) is 12.0 Å². The van der Waals surface area contributed by atoms with Gasteiger partial charge in [-0.1, -0.05) is 48.5 Å². The molecular formula is C24H27NO2. The van der Waals surface area contributed by atoms with Gasteiger partial charge < -0.3 is 9.72 Å². The van der Waals surface area contributed by atoms with E-state index in [4.69, 9.17) is 4.74 Å². The molecule has 4 rings (SSSR count). The lowest BCUT2D eigenvalue weighted by Crippen LogP contribution is -2.38. The molecule has 140 valence electrons. The molecule has 1 N–H and O–H groups in total. The second kappa shape index (κ2) is 7.59. The Hall–Kier alpha value is -2.55. The highest BCUT2D eigenvalue weighted by atomic mass is 16.5. The predicted molar refractivity (Wildman–Crippen MR) is 109 cm³/mol. The topological polar surface area (TPSA) is 42.1 Å². The number of hydrogen-bond donors (Lipinski definition) is 1. The van der Waals surface area contributed by atoms with Crippen molar-refractivity contribution in [1.29, 1.82) is 0 Å². The maximum absolute atomic E-state index is 13.0. The van der Waals surface area contributed by atoms with Gasteiger partial charge in [-0.3, -0.25) is 4.79 Å². The number of rotatable bonds is 6. The number of H-pyrrole nitrogens is 1. The molecule has 0 spiro atoms. The molecule has 1 atom stereocenters. The van der Waals surface area contributed by atoms with Gasteiger partial charge in [-0.25, -0.2) is 0 Å². The highest BCUT2D eigenvalue weighted by molar-refractivity contribution is 5.87. The fraction of sp³-hybridized carbons (Fsp3) is 0.375. The first kappa shape index (κ1) is 17.8. The van der Waals surface area contributed by atoms with Gasteiger partial charge in [-0.05, 0) is 62.6 Å². The van der Waals surface area contributed by atoms with Gasteiger partial charge in [0, 0.05) is 16.6 Å². The van der Waals surface area contributed by atoms with Gasteiger partial charge in [0.15, 0.2) is 0 Å². The minimum absolute atomic E-state index is 0.0195. The molecule has 1 unspecified atom stereocenters. The predicted octanol–water partition coefficient (Wildman–Crippen LogP) is 5.23. The zero-order chi connectivity index (χ0) is 18.7. The molecule has 0 aliphatic heterocycles. The summed E-state index contributed by atoms with van der Waals surface area (Å²) >= 11 is 0. The van der Waals surface area contributed by atoms with Gasteiger partial charge in [0.1, 0.15) is 0 Å². The molecule has 0 bridgehead atoms. The average Bonchev–Trinajstić information content (AvgIpc) is 3.07. The minimum Gasteiger partial charge on any atom is -0.466 e. The third kappa shape index (κ3) is 3.51. The Balaban J connectivity index is 1.58. The summed E-state index contributed by atoms with van der Waals surface area (Å²) in [5.41, 5.74) is 4.71. The highest BCUT2D eigenvalue weighted by Gasteiger charge is 2.43. The molecule has 1 aromatic heterocycles. The molecule has 1 aliphatic carbocycles. The van der Waals surface area contributed by atoms with Crippen LogP contribution in [0.15, 0.2) is 54.6 Å². The molecule has 0 saturated heterocycles. The average molecular weight is 361 g/mol. The molecule has 3 nitrogen and oxygen atoms in total. The summed E-state index contributed by atoms with van der Waals surface area (Å²) in [6.45, 7) is 2.34. The molecule has 0 radical (unpaired) electrons. The fourth-order valence-corrected chi connectivity index (χ4v) is 4.51. The van der Waals surface area contributed by atoms with Crippen LogP contribution in [-0.4, -0.2) is 17.6 Å². The number of fused-ring (bicyclic) bond motifs is 3. The number of hydrogen-bond acceptors (Lipinski definition) is 2. The van der Waals surface area contributed by atoms with Gasteiger partial charge in [0.25, 0.3) is 0 Å². The van der Waals surface area contributed by atoms with Crippen molar-refractivity contribution in [2.24, 2.45) is 5.41 Å². The van der Waals surface area contributed by atoms with Crippen LogP contribution in [0, 0.1) is 5.41 Å². The Morgan fingerprint density at radius 2 is 1.89 bits per heavy atom. The summed E-state index contributed by atoms with van der Waals surface area (Å²) in [7, 11) is 0. The summed E-state index contributed by atoms with van der Waals surface area (Å²) in [5, 5.41) is 1.25. The summed E-state index contributed by atoms with van der Waals surface area (Å²) in [5.74, 6) is -0.0195. The van der Waals surface area contributed by atoms with E-state index in [0.29, 0.717) is 6.61 Å². The molecule has 0 saturated carbocycles. The van der Waals surface area contributed by atoms with Crippen LogP contribution >= 0.6 is 0 Å². The largest absolute Gasteiger partial charge is 0.466 e. The Bertz CT molecular complexity index is 928. The fourth-order valence-electron chi connectivity index (χ4n) is 4.51. The molecule has 0 fully saturated rings. The summed E-state index contributed by atoms with van der Waals surface area (Å²) in [4.78, 5) is 16.6. The number of aromatic amines is 1. The Morgan fingerprint density at radius 3 is 2.70 bits per heavy atom. The minimum atomic E-state index is -0.400. The number of carbonyl (C=O) groups is 1. The number of benzene rings is 2. The van der Waals surface area contributed by atoms with E-state index < -0.39 is 5.41 Å². The third-order valence-electron chi connectivity index (χ3n) is 5.94. The van der Waals surface area contributed by atoms with Crippen LogP contribution in [0.3, 0.4) is 0 Å². The van der Waals surface area contributed by atoms with E-state index in [1.54, 1.807) is 0 Å². The number of carbonyl (C=O) groups excluding carboxylic acids is 1. The zero-order valence-corrected chi connectivity index (χ0v) is 16.0. The van der Waals surface area contributed by atoms with Crippen LogP contribution < -0.4 is 0 Å². The monoisotopic (exact) mass is 361 g/mol. The molecular weight excluding hydrogens is 334 g/mol. The standard InChI is InChI=1S/C24H27NO2/c1-2-27-23(26)24(15-8-11-18-9-4-3-5-10-18)16-14-22-20(17-24)19-12-6-7-13-21(19)25-22/h3-7,9-10,12-13,25H,2,8,11,14-17H2,1H3. The van der Waals surface area contributed by atoms with E-state index in [1.807, 2.05) is 13.0 Å². The van der Waals surface area contributed by atoms with Crippen LogP contribution in [0.1, 0.15) is 43.0 Å². The summed E-state index contributed by atoms with van der Waals surface area (Å²) < 4.78 is 5.54. The second-order valence-electron chi connectivity index (χ2n) is 7.64. The molecule has 1 aliphatic rings. The first-order valence-electron chi connectivity index (χ1n) is 10.0. The SMILES string of the molecule is CCOC(=O)C1(CCCc2ccccc2)CCc2[nH]c3ccccc3c2C1. The van der Waals surface area contributed by atoms with E-state index in [-0.39, 0.29) is 5.97 Å². The van der Waals surface area contributed by atoms with Crippen molar-refractivity contribution < 1.29 is 9.53 Å². The maximum atomic E-state index is 13.0. The van der Waals surface area contributed by atoms with Crippen molar-refractivity contribution in [3.63, 3.8) is 0 Å². The first-order valence-corrected chi connectivity index (χ1v) is 10.0. The third-order valence-corrected chi connectivity index (χ3v) is 5.94. The van der Waals surface area contributed by atoms with Crippen LogP contribution in [0.2, 0.25) is 0 Å². The normalized spacial score (nSPS) is 19.0. The molecule has 3 heteroatoms. The Morgan fingerprint density at radius 1 is 1.11 bits per heavy atom. The van der Waals surface area contributed by atoms with Gasteiger partial charge in [-0.15, -0.1) is 0 Å². The molecule has 1 heterocycles. The van der Waals surface area contributed by atoms with Crippen molar-refractivity contribution in [1.82, 2.24) is 4.98 Å². The molecule has 2 aromatic carbocycles. The van der Waals surface area contributed by atoms with Gasteiger partial charge in [-0.2, -0.15) is 0 Å². The van der Waals surface area contributed by atoms with Crippen LogP contribution in [0.4, 0.5) is 0 Å². The molecule has 3 aromatic rings. The summed E-state index contributed by atoms with van der Waals surface area (Å²) in [6, 6.07) is 18.9. The number of ether oxygens (including phenoxy) is 1. The Kier molecular flexibility index (Phi) is 5.02. The Labute approximate surface area is 160 Å². The van der Waals surface area contributed by atoms with Gasteiger partial charge in [0.2, 0.25) is 0 Å². The number of nitrogens with one attached hydrogen (secondary N) is 1.